The lowest BCUT2D eigenvalue weighted by Gasteiger charge is -2.48. The molecule has 2 atom stereocenters. The summed E-state index contributed by atoms with van der Waals surface area (Å²) in [5, 5.41) is 5.27. The third-order valence-electron chi connectivity index (χ3n) is 13.3. The van der Waals surface area contributed by atoms with E-state index in [9.17, 15) is 0 Å². The molecule has 0 amide bonds. The minimum Gasteiger partial charge on any atom is -0.493 e. The first-order valence-corrected chi connectivity index (χ1v) is 19.7. The number of anilines is 2. The van der Waals surface area contributed by atoms with Crippen molar-refractivity contribution in [3.8, 4) is 16.9 Å². The van der Waals surface area contributed by atoms with Gasteiger partial charge in [-0.15, -0.1) is 11.3 Å². The van der Waals surface area contributed by atoms with E-state index in [-0.39, 0.29) is 29.7 Å². The van der Waals surface area contributed by atoms with Crippen LogP contribution in [0.5, 0.6) is 5.75 Å². The molecule has 0 fully saturated rings. The predicted octanol–water partition coefficient (Wildman–Crippen LogP) is 11.7. The number of hydrogen-bond donors (Lipinski definition) is 0. The molecular weight excluding hydrogens is 651 g/mol. The summed E-state index contributed by atoms with van der Waals surface area (Å²) in [6, 6.07) is 41.4. The van der Waals surface area contributed by atoms with Crippen LogP contribution < -0.4 is 15.1 Å². The Balaban J connectivity index is 1.26. The third kappa shape index (κ3) is 3.54. The fourth-order valence-electron chi connectivity index (χ4n) is 10.7. The molecule has 0 bridgehead atoms. The summed E-state index contributed by atoms with van der Waals surface area (Å²) in [5.74, 6) is 1.01. The molecule has 5 heterocycles. The van der Waals surface area contributed by atoms with Gasteiger partial charge in [0.05, 0.1) is 16.3 Å². The molecule has 8 aromatic rings. The van der Waals surface area contributed by atoms with E-state index in [1.807, 2.05) is 11.3 Å². The Morgan fingerprint density at radius 2 is 1.42 bits per heavy atom. The Bertz CT molecular complexity index is 2890. The molecule has 3 nitrogen and oxygen atoms in total. The van der Waals surface area contributed by atoms with E-state index in [2.05, 4.69) is 153 Å². The number of rotatable bonds is 1. The first-order valence-electron chi connectivity index (χ1n) is 18.9. The van der Waals surface area contributed by atoms with E-state index >= 15 is 0 Å². The SMILES string of the molecule is Cc1cc2c(cc1N1c3c4c(cc5ccccc35)-c3cccc5c6sc7ccccc7c6n(c35)B4C3Oc4ccccc4C31)C(C)(C)CCC2(C)C. The van der Waals surface area contributed by atoms with Gasteiger partial charge in [-0.3, -0.25) is 0 Å². The fraction of sp³-hybridized carbons (Fsp3) is 0.234. The summed E-state index contributed by atoms with van der Waals surface area (Å²) in [5.41, 5.74) is 15.2. The van der Waals surface area contributed by atoms with Crippen molar-refractivity contribution in [2.75, 3.05) is 4.90 Å². The fourth-order valence-corrected chi connectivity index (χ4v) is 12.0. The monoisotopic (exact) mass is 690 g/mol. The summed E-state index contributed by atoms with van der Waals surface area (Å²) in [6.45, 7) is 12.1. The Labute approximate surface area is 308 Å². The van der Waals surface area contributed by atoms with Crippen molar-refractivity contribution in [1.82, 2.24) is 4.48 Å². The van der Waals surface area contributed by atoms with Crippen molar-refractivity contribution < 1.29 is 4.74 Å². The average Bonchev–Trinajstić information content (AvgIpc) is 3.82. The molecule has 5 heteroatoms. The van der Waals surface area contributed by atoms with Crippen LogP contribution in [0.15, 0.2) is 109 Å². The molecule has 52 heavy (non-hydrogen) atoms. The highest BCUT2D eigenvalue weighted by Gasteiger charge is 2.56. The van der Waals surface area contributed by atoms with Crippen molar-refractivity contribution in [1.29, 1.82) is 0 Å². The molecular formula is C47H39BN2OS. The lowest BCUT2D eigenvalue weighted by molar-refractivity contribution is 0.278. The average molecular weight is 691 g/mol. The smallest absolute Gasteiger partial charge is 0.344 e. The summed E-state index contributed by atoms with van der Waals surface area (Å²) in [6.07, 6.45) is 2.39. The molecule has 0 radical (unpaired) electrons. The van der Waals surface area contributed by atoms with Crippen LogP contribution >= 0.6 is 11.3 Å². The second kappa shape index (κ2) is 9.70. The number of fused-ring (bicyclic) bond motifs is 14. The van der Waals surface area contributed by atoms with Gasteiger partial charge in [-0.05, 0) is 88.0 Å². The zero-order valence-electron chi connectivity index (χ0n) is 30.2. The number of nitrogens with zero attached hydrogens (tertiary/aromatic N) is 2. The summed E-state index contributed by atoms with van der Waals surface area (Å²) < 4.78 is 12.8. The Morgan fingerprint density at radius 3 is 2.27 bits per heavy atom. The number of aryl methyl sites for hydroxylation is 1. The van der Waals surface area contributed by atoms with Crippen LogP contribution in [-0.4, -0.2) is 17.3 Å². The summed E-state index contributed by atoms with van der Waals surface area (Å²) >= 11 is 1.93. The second-order valence-electron chi connectivity index (χ2n) is 17.1. The van der Waals surface area contributed by atoms with Crippen LogP contribution in [0.3, 0.4) is 0 Å². The molecule has 6 aromatic carbocycles. The lowest BCUT2D eigenvalue weighted by Crippen LogP contribution is -2.61. The summed E-state index contributed by atoms with van der Waals surface area (Å²) in [4.78, 5) is 2.74. The normalized spacial score (nSPS) is 20.2. The second-order valence-corrected chi connectivity index (χ2v) is 18.1. The van der Waals surface area contributed by atoms with Crippen molar-refractivity contribution in [3.63, 3.8) is 0 Å². The van der Waals surface area contributed by atoms with Gasteiger partial charge in [0.1, 0.15) is 11.8 Å². The summed E-state index contributed by atoms with van der Waals surface area (Å²) in [7, 11) is 0. The van der Waals surface area contributed by atoms with E-state index in [0.29, 0.717) is 0 Å². The van der Waals surface area contributed by atoms with Gasteiger partial charge < -0.3 is 14.1 Å². The molecule has 4 aliphatic rings. The number of ether oxygens (including phenoxy) is 1. The first kappa shape index (κ1) is 29.6. The minimum absolute atomic E-state index is 0.00789. The molecule has 3 aliphatic heterocycles. The van der Waals surface area contributed by atoms with Crippen molar-refractivity contribution in [2.45, 2.75) is 70.3 Å². The van der Waals surface area contributed by atoms with E-state index < -0.39 is 0 Å². The molecule has 0 saturated heterocycles. The molecule has 12 rings (SSSR count). The first-order chi connectivity index (χ1) is 25.2. The van der Waals surface area contributed by atoms with Crippen molar-refractivity contribution in [3.05, 3.63) is 131 Å². The molecule has 0 spiro atoms. The predicted molar refractivity (Wildman–Crippen MR) is 221 cm³/mol. The zero-order valence-corrected chi connectivity index (χ0v) is 31.1. The maximum Gasteiger partial charge on any atom is 0.344 e. The zero-order chi connectivity index (χ0) is 34.8. The van der Waals surface area contributed by atoms with Gasteiger partial charge in [-0.1, -0.05) is 113 Å². The highest BCUT2D eigenvalue weighted by atomic mass is 32.1. The van der Waals surface area contributed by atoms with Crippen molar-refractivity contribution >= 4 is 77.0 Å². The van der Waals surface area contributed by atoms with Gasteiger partial charge in [0.15, 0.2) is 0 Å². The van der Waals surface area contributed by atoms with E-state index in [4.69, 9.17) is 4.74 Å². The van der Waals surface area contributed by atoms with Crippen LogP contribution in [-0.2, 0) is 10.8 Å². The van der Waals surface area contributed by atoms with Gasteiger partial charge >= 0.3 is 6.85 Å². The van der Waals surface area contributed by atoms with Crippen LogP contribution in [0.25, 0.3) is 53.1 Å². The van der Waals surface area contributed by atoms with Crippen LogP contribution in [0, 0.1) is 6.92 Å². The topological polar surface area (TPSA) is 17.4 Å². The minimum atomic E-state index is -0.129. The molecule has 2 unspecified atom stereocenters. The largest absolute Gasteiger partial charge is 0.493 e. The Morgan fingerprint density at radius 1 is 0.712 bits per heavy atom. The van der Waals surface area contributed by atoms with Gasteiger partial charge in [0.2, 0.25) is 0 Å². The van der Waals surface area contributed by atoms with Gasteiger partial charge in [-0.2, -0.15) is 0 Å². The third-order valence-corrected chi connectivity index (χ3v) is 14.5. The number of benzene rings is 6. The maximum atomic E-state index is 7.34. The van der Waals surface area contributed by atoms with E-state index in [1.165, 1.54) is 105 Å². The molecule has 0 saturated carbocycles. The van der Waals surface area contributed by atoms with Crippen LogP contribution in [0.2, 0.25) is 0 Å². The quantitative estimate of drug-likeness (QED) is 0.160. The standard InChI is InChI=1S/C47H39BN2OS/c1-26-23-34-35(47(4,5)22-21-46(34,2)3)25-36(26)49-41-28-14-7-6-13-27(28)24-33-29-17-12-18-32-40(29)50(42-31-16-9-11-20-38(31)52-44(32)42)48(39(33)41)45-43(49)30-15-8-10-19-37(30)51-45/h6-20,23-25,43,45H,21-22H2,1-5H3. The number of para-hydroxylation sites is 2. The van der Waals surface area contributed by atoms with E-state index in [1.54, 1.807) is 0 Å². The molecule has 0 N–H and O–H groups in total. The molecule has 252 valence electrons. The van der Waals surface area contributed by atoms with Crippen molar-refractivity contribution in [2.24, 2.45) is 0 Å². The lowest BCUT2D eigenvalue weighted by atomic mass is 9.43. The highest BCUT2D eigenvalue weighted by Crippen LogP contribution is 2.57. The van der Waals surface area contributed by atoms with E-state index in [0.717, 1.165) is 5.75 Å². The molecule has 1 aliphatic carbocycles. The highest BCUT2D eigenvalue weighted by molar-refractivity contribution is 7.26. The Hall–Kier alpha value is -5.00. The van der Waals surface area contributed by atoms with Crippen LogP contribution in [0.4, 0.5) is 11.4 Å². The van der Waals surface area contributed by atoms with Gasteiger partial charge in [-0.25, -0.2) is 0 Å². The number of hydrogen-bond acceptors (Lipinski definition) is 3. The molecule has 2 aromatic heterocycles. The van der Waals surface area contributed by atoms with Gasteiger partial charge in [0, 0.05) is 48.9 Å². The Kier molecular flexibility index (Phi) is 5.52. The maximum absolute atomic E-state index is 7.34. The van der Waals surface area contributed by atoms with Crippen LogP contribution in [0.1, 0.15) is 68.8 Å². The number of thiophene rings is 1. The van der Waals surface area contributed by atoms with Gasteiger partial charge in [0.25, 0.3) is 0 Å². The number of aromatic nitrogens is 1.